The predicted octanol–water partition coefficient (Wildman–Crippen LogP) is 6.16. The largest absolute Gasteiger partial charge is 0.394 e. The third-order valence-corrected chi connectivity index (χ3v) is 8.76. The number of ether oxygens (including phenoxy) is 2. The van der Waals surface area contributed by atoms with Crippen molar-refractivity contribution in [1.29, 1.82) is 0 Å². The summed E-state index contributed by atoms with van der Waals surface area (Å²) in [5, 5.41) is 53.9. The normalized spacial score (nSPS) is 23.3. The maximum atomic E-state index is 12.8. The van der Waals surface area contributed by atoms with Crippen LogP contribution >= 0.6 is 0 Å². The number of hydrogen-bond acceptors (Lipinski definition) is 8. The van der Waals surface area contributed by atoms with Gasteiger partial charge in [0.05, 0.1) is 25.4 Å². The zero-order chi connectivity index (χ0) is 34.5. The zero-order valence-electron chi connectivity index (χ0n) is 29.5. The maximum absolute atomic E-state index is 12.8. The number of rotatable bonds is 29. The van der Waals surface area contributed by atoms with Crippen LogP contribution in [0.15, 0.2) is 36.5 Å². The van der Waals surface area contributed by atoms with Crippen molar-refractivity contribution in [2.45, 2.75) is 185 Å². The number of carbonyl (C=O) groups excluding carboxylic acids is 1. The quantitative estimate of drug-likeness (QED) is 0.0411. The van der Waals surface area contributed by atoms with Crippen molar-refractivity contribution in [3.8, 4) is 0 Å². The number of aliphatic hydroxyl groups excluding tert-OH is 5. The molecule has 7 unspecified atom stereocenters. The number of hydrogen-bond donors (Lipinski definition) is 6. The molecule has 1 aliphatic rings. The van der Waals surface area contributed by atoms with E-state index in [1.807, 2.05) is 0 Å². The molecular weight excluding hydrogens is 598 g/mol. The minimum absolute atomic E-state index is 0.147. The summed E-state index contributed by atoms with van der Waals surface area (Å²) in [6, 6.07) is -0.724. The molecule has 7 atom stereocenters. The topological polar surface area (TPSA) is 149 Å². The van der Waals surface area contributed by atoms with Crippen LogP contribution in [0, 0.1) is 0 Å². The Hall–Kier alpha value is -1.59. The van der Waals surface area contributed by atoms with Crippen molar-refractivity contribution in [1.82, 2.24) is 5.32 Å². The van der Waals surface area contributed by atoms with Gasteiger partial charge in [-0.1, -0.05) is 127 Å². The highest BCUT2D eigenvalue weighted by Gasteiger charge is 2.44. The lowest BCUT2D eigenvalue weighted by Gasteiger charge is -2.40. The summed E-state index contributed by atoms with van der Waals surface area (Å²) in [7, 11) is 0. The SMILES string of the molecule is CC/C=C\C/C=C\C/C=C\CCCCCCCC(=O)NC(COC1OC(CO)C(O)C(O)C1O)C(O)CCCCCCCCCCC. The average Bonchev–Trinajstić information content (AvgIpc) is 3.07. The van der Waals surface area contributed by atoms with Gasteiger partial charge in [0, 0.05) is 6.42 Å². The summed E-state index contributed by atoms with van der Waals surface area (Å²) in [4.78, 5) is 12.8. The lowest BCUT2D eigenvalue weighted by Crippen LogP contribution is -2.60. The van der Waals surface area contributed by atoms with Crippen LogP contribution < -0.4 is 5.32 Å². The lowest BCUT2D eigenvalue weighted by molar-refractivity contribution is -0.302. The monoisotopic (exact) mass is 668 g/mol. The first kappa shape index (κ1) is 43.4. The van der Waals surface area contributed by atoms with Gasteiger partial charge in [-0.3, -0.25) is 4.79 Å². The van der Waals surface area contributed by atoms with Crippen molar-refractivity contribution < 1.29 is 39.8 Å². The van der Waals surface area contributed by atoms with Gasteiger partial charge in [0.1, 0.15) is 24.4 Å². The predicted molar refractivity (Wildman–Crippen MR) is 189 cm³/mol. The Labute approximate surface area is 285 Å². The van der Waals surface area contributed by atoms with E-state index in [0.29, 0.717) is 12.8 Å². The average molecular weight is 668 g/mol. The molecule has 47 heavy (non-hydrogen) atoms. The second-order valence-electron chi connectivity index (χ2n) is 13.0. The highest BCUT2D eigenvalue weighted by molar-refractivity contribution is 5.76. The zero-order valence-corrected chi connectivity index (χ0v) is 29.5. The van der Waals surface area contributed by atoms with Crippen molar-refractivity contribution in [3.63, 3.8) is 0 Å². The van der Waals surface area contributed by atoms with Crippen molar-refractivity contribution in [2.75, 3.05) is 13.2 Å². The second-order valence-corrected chi connectivity index (χ2v) is 13.0. The Morgan fingerprint density at radius 3 is 1.96 bits per heavy atom. The molecule has 1 saturated heterocycles. The van der Waals surface area contributed by atoms with Gasteiger partial charge in [-0.15, -0.1) is 0 Å². The molecule has 0 saturated carbocycles. The Balaban J connectivity index is 2.43. The van der Waals surface area contributed by atoms with Crippen LogP contribution in [0.2, 0.25) is 0 Å². The molecule has 274 valence electrons. The molecule has 6 N–H and O–H groups in total. The molecule has 0 bridgehead atoms. The molecule has 1 rings (SSSR count). The molecule has 0 radical (unpaired) electrons. The third-order valence-electron chi connectivity index (χ3n) is 8.76. The minimum Gasteiger partial charge on any atom is -0.394 e. The summed E-state index contributed by atoms with van der Waals surface area (Å²) in [6.07, 6.45) is 25.8. The van der Waals surface area contributed by atoms with Gasteiger partial charge >= 0.3 is 0 Å². The van der Waals surface area contributed by atoms with Gasteiger partial charge < -0.3 is 40.3 Å². The first-order valence-electron chi connectivity index (χ1n) is 18.7. The van der Waals surface area contributed by atoms with Crippen molar-refractivity contribution >= 4 is 5.91 Å². The molecular formula is C38H69NO8. The molecule has 0 spiro atoms. The van der Waals surface area contributed by atoms with E-state index in [1.54, 1.807) is 0 Å². The second kappa shape index (κ2) is 29.3. The Morgan fingerprint density at radius 1 is 0.745 bits per heavy atom. The molecule has 0 aromatic heterocycles. The van der Waals surface area contributed by atoms with Gasteiger partial charge in [-0.05, 0) is 44.9 Å². The number of carbonyl (C=O) groups is 1. The summed E-state index contributed by atoms with van der Waals surface area (Å²) in [6.45, 7) is 3.65. The smallest absolute Gasteiger partial charge is 0.220 e. The van der Waals surface area contributed by atoms with Crippen LogP contribution in [-0.2, 0) is 14.3 Å². The van der Waals surface area contributed by atoms with Crippen LogP contribution in [-0.4, -0.2) is 87.5 Å². The number of amides is 1. The summed E-state index contributed by atoms with van der Waals surface area (Å²) in [5.74, 6) is -0.167. The van der Waals surface area contributed by atoms with E-state index in [1.165, 1.54) is 38.5 Å². The molecule has 9 heteroatoms. The van der Waals surface area contributed by atoms with E-state index in [2.05, 4.69) is 55.6 Å². The van der Waals surface area contributed by atoms with Crippen LogP contribution in [0.25, 0.3) is 0 Å². The maximum Gasteiger partial charge on any atom is 0.220 e. The number of allylic oxidation sites excluding steroid dienone is 6. The van der Waals surface area contributed by atoms with Crippen molar-refractivity contribution in [3.05, 3.63) is 36.5 Å². The Kier molecular flexibility index (Phi) is 27.1. The van der Waals surface area contributed by atoms with E-state index in [4.69, 9.17) is 9.47 Å². The molecule has 0 aromatic carbocycles. The van der Waals surface area contributed by atoms with E-state index in [9.17, 15) is 30.3 Å². The van der Waals surface area contributed by atoms with Crippen LogP contribution in [0.5, 0.6) is 0 Å². The molecule has 9 nitrogen and oxygen atoms in total. The molecule has 0 aromatic rings. The Bertz CT molecular complexity index is 833. The summed E-state index contributed by atoms with van der Waals surface area (Å²) >= 11 is 0. The fourth-order valence-electron chi connectivity index (χ4n) is 5.70. The first-order valence-corrected chi connectivity index (χ1v) is 18.7. The van der Waals surface area contributed by atoms with Gasteiger partial charge in [-0.2, -0.15) is 0 Å². The molecule has 0 aliphatic carbocycles. The highest BCUT2D eigenvalue weighted by atomic mass is 16.7. The van der Waals surface area contributed by atoms with Crippen LogP contribution in [0.1, 0.15) is 142 Å². The minimum atomic E-state index is -1.55. The third kappa shape index (κ3) is 21.2. The highest BCUT2D eigenvalue weighted by Crippen LogP contribution is 2.23. The number of nitrogens with one attached hydrogen (secondary N) is 1. The summed E-state index contributed by atoms with van der Waals surface area (Å²) in [5.41, 5.74) is 0. The molecule has 1 fully saturated rings. The van der Waals surface area contributed by atoms with Gasteiger partial charge in [0.25, 0.3) is 0 Å². The molecule has 1 aliphatic heterocycles. The van der Waals surface area contributed by atoms with Crippen LogP contribution in [0.4, 0.5) is 0 Å². The fraction of sp³-hybridized carbons (Fsp3) is 0.816. The fourth-order valence-corrected chi connectivity index (χ4v) is 5.70. The number of aliphatic hydroxyl groups is 5. The lowest BCUT2D eigenvalue weighted by atomic mass is 9.99. The van der Waals surface area contributed by atoms with Gasteiger partial charge in [0.15, 0.2) is 6.29 Å². The van der Waals surface area contributed by atoms with E-state index in [0.717, 1.165) is 77.0 Å². The van der Waals surface area contributed by atoms with Gasteiger partial charge in [-0.25, -0.2) is 0 Å². The Morgan fingerprint density at radius 2 is 1.32 bits per heavy atom. The molecule has 1 heterocycles. The van der Waals surface area contributed by atoms with E-state index >= 15 is 0 Å². The molecule has 1 amide bonds. The van der Waals surface area contributed by atoms with Crippen LogP contribution in [0.3, 0.4) is 0 Å². The summed E-state index contributed by atoms with van der Waals surface area (Å²) < 4.78 is 11.2. The van der Waals surface area contributed by atoms with E-state index < -0.39 is 49.5 Å². The number of unbranched alkanes of at least 4 members (excludes halogenated alkanes) is 13. The van der Waals surface area contributed by atoms with Gasteiger partial charge in [0.2, 0.25) is 5.91 Å². The van der Waals surface area contributed by atoms with Crippen molar-refractivity contribution in [2.24, 2.45) is 0 Å². The standard InChI is InChI=1S/C38H69NO8/c1-3-5-7-9-11-13-14-15-16-17-18-20-22-24-26-28-34(42)39-31(32(41)27-25-23-21-19-12-10-8-6-4-2)30-46-38-37(45)36(44)35(43)33(29-40)47-38/h5,7,11,13,15-16,31-33,35-38,40-41,43-45H,3-4,6,8-10,12,14,17-30H2,1-2H3,(H,39,42)/b7-5-,13-11-,16-15-. The first-order chi connectivity index (χ1) is 22.8. The van der Waals surface area contributed by atoms with E-state index in [-0.39, 0.29) is 12.5 Å².